The zero-order valence-electron chi connectivity index (χ0n) is 12.7. The third-order valence-corrected chi connectivity index (χ3v) is 5.18. The van der Waals surface area contributed by atoms with Gasteiger partial charge >= 0.3 is 5.97 Å². The number of carbonyl (C=O) groups excluding carboxylic acids is 1. The predicted octanol–water partition coefficient (Wildman–Crippen LogP) is 3.02. The molecule has 1 unspecified atom stereocenters. The highest BCUT2D eigenvalue weighted by molar-refractivity contribution is 6.02. The molecular weight excluding hydrogens is 276 g/mol. The lowest BCUT2D eigenvalue weighted by molar-refractivity contribution is -0.000280. The predicted molar refractivity (Wildman–Crippen MR) is 84.8 cm³/mol. The monoisotopic (exact) mass is 296 g/mol. The lowest BCUT2D eigenvalue weighted by Gasteiger charge is -2.35. The van der Waals surface area contributed by atoms with Gasteiger partial charge in [0.1, 0.15) is 6.10 Å². The van der Waals surface area contributed by atoms with Gasteiger partial charge in [-0.05, 0) is 32.0 Å². The molecule has 3 heterocycles. The molecule has 114 valence electrons. The van der Waals surface area contributed by atoms with Crippen molar-refractivity contribution in [1.29, 1.82) is 0 Å². The number of para-hydroxylation sites is 1. The summed E-state index contributed by atoms with van der Waals surface area (Å²) in [4.78, 5) is 19.4. The van der Waals surface area contributed by atoms with Gasteiger partial charge in [0.25, 0.3) is 0 Å². The van der Waals surface area contributed by atoms with Crippen LogP contribution in [0.3, 0.4) is 0 Å². The molecular formula is C18H20N2O2. The second kappa shape index (κ2) is 5.36. The van der Waals surface area contributed by atoms with Gasteiger partial charge in [-0.15, -0.1) is 0 Å². The quantitative estimate of drug-likeness (QED) is 0.799. The van der Waals surface area contributed by atoms with E-state index in [4.69, 9.17) is 4.74 Å². The molecule has 0 aliphatic carbocycles. The molecule has 2 fully saturated rings. The lowest BCUT2D eigenvalue weighted by atomic mass is 10.0. The first-order valence-electron chi connectivity index (χ1n) is 7.99. The Balaban J connectivity index is 1.55. The molecule has 4 rings (SSSR count). The minimum atomic E-state index is -0.238. The van der Waals surface area contributed by atoms with Crippen molar-refractivity contribution in [3.8, 4) is 0 Å². The third-order valence-electron chi connectivity index (χ3n) is 5.18. The van der Waals surface area contributed by atoms with Gasteiger partial charge in [0.05, 0.1) is 11.1 Å². The van der Waals surface area contributed by atoms with Gasteiger partial charge in [-0.1, -0.05) is 18.2 Å². The number of rotatable bonds is 2. The van der Waals surface area contributed by atoms with Crippen molar-refractivity contribution >= 4 is 16.9 Å². The fraction of sp³-hybridized carbons (Fsp3) is 0.444. The van der Waals surface area contributed by atoms with Crippen LogP contribution in [0, 0.1) is 0 Å². The average Bonchev–Trinajstić information content (AvgIpc) is 2.75. The first kappa shape index (κ1) is 13.7. The normalized spacial score (nSPS) is 28.0. The second-order valence-corrected chi connectivity index (χ2v) is 6.43. The van der Waals surface area contributed by atoms with E-state index in [9.17, 15) is 4.79 Å². The van der Waals surface area contributed by atoms with Crippen LogP contribution in [0.5, 0.6) is 0 Å². The van der Waals surface area contributed by atoms with Crippen molar-refractivity contribution in [3.63, 3.8) is 0 Å². The highest BCUT2D eigenvalue weighted by Gasteiger charge is 2.40. The van der Waals surface area contributed by atoms with Crippen LogP contribution in [0.4, 0.5) is 0 Å². The van der Waals surface area contributed by atoms with Crippen molar-refractivity contribution in [1.82, 2.24) is 9.88 Å². The third kappa shape index (κ3) is 2.28. The second-order valence-electron chi connectivity index (χ2n) is 6.43. The Labute approximate surface area is 130 Å². The molecule has 22 heavy (non-hydrogen) atoms. The van der Waals surface area contributed by atoms with Crippen LogP contribution >= 0.6 is 0 Å². The largest absolute Gasteiger partial charge is 0.459 e. The van der Waals surface area contributed by atoms with Crippen LogP contribution in [-0.4, -0.2) is 41.1 Å². The fourth-order valence-corrected chi connectivity index (χ4v) is 3.94. The number of aromatic nitrogens is 1. The van der Waals surface area contributed by atoms with Gasteiger partial charge in [0.2, 0.25) is 0 Å². The number of nitrogens with zero attached hydrogens (tertiary/aromatic N) is 2. The van der Waals surface area contributed by atoms with E-state index < -0.39 is 0 Å². The summed E-state index contributed by atoms with van der Waals surface area (Å²) in [6, 6.07) is 10.7. The Hall–Kier alpha value is -1.94. The fourth-order valence-electron chi connectivity index (χ4n) is 3.94. The molecule has 0 saturated carbocycles. The zero-order chi connectivity index (χ0) is 15.1. The van der Waals surface area contributed by atoms with Gasteiger partial charge in [-0.25, -0.2) is 4.79 Å². The van der Waals surface area contributed by atoms with Gasteiger partial charge in [0, 0.05) is 36.5 Å². The first-order chi connectivity index (χ1) is 10.7. The van der Waals surface area contributed by atoms with E-state index in [1.54, 1.807) is 12.3 Å². The smallest absolute Gasteiger partial charge is 0.340 e. The summed E-state index contributed by atoms with van der Waals surface area (Å²) >= 11 is 0. The number of fused-ring (bicyclic) bond motifs is 3. The van der Waals surface area contributed by atoms with E-state index in [2.05, 4.69) is 16.9 Å². The molecule has 0 spiro atoms. The van der Waals surface area contributed by atoms with Crippen LogP contribution in [0.1, 0.15) is 36.0 Å². The van der Waals surface area contributed by atoms with Gasteiger partial charge < -0.3 is 9.64 Å². The highest BCUT2D eigenvalue weighted by atomic mass is 16.5. The van der Waals surface area contributed by atoms with Crippen LogP contribution in [0.25, 0.3) is 10.9 Å². The molecule has 2 aliphatic rings. The Morgan fingerprint density at radius 1 is 1.18 bits per heavy atom. The van der Waals surface area contributed by atoms with Crippen molar-refractivity contribution < 1.29 is 9.53 Å². The van der Waals surface area contributed by atoms with E-state index >= 15 is 0 Å². The summed E-state index contributed by atoms with van der Waals surface area (Å²) in [5, 5.41) is 0.973. The molecule has 0 amide bonds. The van der Waals surface area contributed by atoms with Crippen LogP contribution < -0.4 is 0 Å². The van der Waals surface area contributed by atoms with Gasteiger partial charge in [0.15, 0.2) is 0 Å². The minimum absolute atomic E-state index is 0.0418. The number of pyridine rings is 1. The van der Waals surface area contributed by atoms with E-state index in [0.717, 1.165) is 23.7 Å². The molecule has 4 nitrogen and oxygen atoms in total. The Kier molecular flexibility index (Phi) is 3.34. The number of piperidine rings is 1. The molecule has 2 aliphatic heterocycles. The molecule has 0 N–H and O–H groups in total. The van der Waals surface area contributed by atoms with Crippen molar-refractivity contribution in [2.75, 3.05) is 7.05 Å². The number of ether oxygens (including phenoxy) is 1. The van der Waals surface area contributed by atoms with Crippen LogP contribution in [0.2, 0.25) is 0 Å². The zero-order valence-corrected chi connectivity index (χ0v) is 12.7. The molecule has 2 aromatic rings. The SMILES string of the molecule is CN1[C@@H]2CC[C@H]1CC(OC(=O)c1cccc3cccnc13)C2. The summed E-state index contributed by atoms with van der Waals surface area (Å²) < 4.78 is 5.81. The van der Waals surface area contributed by atoms with Gasteiger partial charge in [-0.2, -0.15) is 0 Å². The van der Waals surface area contributed by atoms with Crippen LogP contribution in [0.15, 0.2) is 36.5 Å². The maximum absolute atomic E-state index is 12.6. The maximum atomic E-state index is 12.6. The first-order valence-corrected chi connectivity index (χ1v) is 7.99. The van der Waals surface area contributed by atoms with E-state index in [-0.39, 0.29) is 12.1 Å². The van der Waals surface area contributed by atoms with Crippen LogP contribution in [-0.2, 0) is 4.74 Å². The number of hydrogen-bond donors (Lipinski definition) is 0. The molecule has 1 aromatic carbocycles. The molecule has 1 aromatic heterocycles. The maximum Gasteiger partial charge on any atom is 0.340 e. The standard InChI is InChI=1S/C18H20N2O2/c1-20-13-7-8-14(20)11-15(10-13)22-18(21)16-6-2-4-12-5-3-9-19-17(12)16/h2-6,9,13-15H,7-8,10-11H2,1H3/t13-,14+,15?. The van der Waals surface area contributed by atoms with E-state index in [0.29, 0.717) is 17.6 Å². The lowest BCUT2D eigenvalue weighted by Crippen LogP contribution is -2.43. The van der Waals surface area contributed by atoms with E-state index in [1.807, 2.05) is 24.3 Å². The molecule has 2 bridgehead atoms. The van der Waals surface area contributed by atoms with Crippen molar-refractivity contribution in [3.05, 3.63) is 42.1 Å². The van der Waals surface area contributed by atoms with E-state index in [1.165, 1.54) is 12.8 Å². The minimum Gasteiger partial charge on any atom is -0.459 e. The Bertz CT molecular complexity index is 696. The molecule has 0 radical (unpaired) electrons. The van der Waals surface area contributed by atoms with Gasteiger partial charge in [-0.3, -0.25) is 4.98 Å². The number of hydrogen-bond acceptors (Lipinski definition) is 4. The number of carbonyl (C=O) groups is 1. The van der Waals surface area contributed by atoms with Crippen molar-refractivity contribution in [2.24, 2.45) is 0 Å². The molecule has 2 saturated heterocycles. The van der Waals surface area contributed by atoms with Crippen molar-refractivity contribution in [2.45, 2.75) is 43.9 Å². The topological polar surface area (TPSA) is 42.4 Å². The summed E-state index contributed by atoms with van der Waals surface area (Å²) in [6.45, 7) is 0. The Morgan fingerprint density at radius 2 is 1.91 bits per heavy atom. The summed E-state index contributed by atoms with van der Waals surface area (Å²) in [5.74, 6) is -0.238. The highest BCUT2D eigenvalue weighted by Crippen LogP contribution is 2.35. The summed E-state index contributed by atoms with van der Waals surface area (Å²) in [5.41, 5.74) is 1.30. The number of esters is 1. The Morgan fingerprint density at radius 3 is 2.68 bits per heavy atom. The number of benzene rings is 1. The molecule has 4 heteroatoms. The summed E-state index contributed by atoms with van der Waals surface area (Å²) in [6.07, 6.45) is 6.12. The molecule has 3 atom stereocenters. The summed E-state index contributed by atoms with van der Waals surface area (Å²) in [7, 11) is 2.19. The average molecular weight is 296 g/mol.